The number of carbonyl (C=O) groups excluding carboxylic acids is 1. The number of nitrogens with one attached hydrogen (secondary N) is 1. The third kappa shape index (κ3) is 54.8. The monoisotopic (exact) mass is 1230 g/mol. The molecule has 0 aromatic carbocycles. The van der Waals surface area contributed by atoms with Crippen LogP contribution in [0, 0.1) is 0 Å². The van der Waals surface area contributed by atoms with Crippen LogP contribution in [0.25, 0.3) is 0 Å². The fourth-order valence-electron chi connectivity index (χ4n) is 11.6. The predicted molar refractivity (Wildman–Crippen MR) is 378 cm³/mol. The van der Waals surface area contributed by atoms with Crippen molar-refractivity contribution in [3.05, 3.63) is 97.2 Å². The maximum atomic E-state index is 13.2. The number of allylic oxidation sites excluding steroid dienone is 15. The van der Waals surface area contributed by atoms with Gasteiger partial charge in [-0.05, 0) is 77.0 Å². The molecule has 9 heteroatoms. The van der Waals surface area contributed by atoms with Gasteiger partial charge >= 0.3 is 0 Å². The third-order valence-corrected chi connectivity index (χ3v) is 17.4. The molecule has 0 aromatic rings. The molecule has 1 aliphatic heterocycles. The number of hydrogen-bond donors (Lipinski definition) is 6. The number of unbranched alkanes of at least 4 members (excludes halogenated alkanes) is 41. The molecule has 6 N–H and O–H groups in total. The lowest BCUT2D eigenvalue weighted by Gasteiger charge is -2.40. The Labute approximate surface area is 543 Å². The van der Waals surface area contributed by atoms with Crippen LogP contribution >= 0.6 is 0 Å². The van der Waals surface area contributed by atoms with E-state index < -0.39 is 49.5 Å². The van der Waals surface area contributed by atoms with Crippen LogP contribution in [-0.2, 0) is 14.3 Å². The van der Waals surface area contributed by atoms with E-state index in [2.05, 4.69) is 104 Å². The molecule has 1 saturated heterocycles. The molecule has 0 radical (unpaired) electrons. The van der Waals surface area contributed by atoms with Crippen LogP contribution in [-0.4, -0.2) is 87.5 Å². The molecule has 0 saturated carbocycles. The summed E-state index contributed by atoms with van der Waals surface area (Å²) in [5, 5.41) is 54.9. The predicted octanol–water partition coefficient (Wildman–Crippen LogP) is 21.0. The molecular weight excluding hydrogens is 1090 g/mol. The van der Waals surface area contributed by atoms with Gasteiger partial charge in [0.25, 0.3) is 0 Å². The zero-order valence-electron chi connectivity index (χ0n) is 57.2. The second-order valence-corrected chi connectivity index (χ2v) is 25.7. The maximum Gasteiger partial charge on any atom is 0.220 e. The van der Waals surface area contributed by atoms with Gasteiger partial charge < -0.3 is 40.3 Å². The van der Waals surface area contributed by atoms with Crippen LogP contribution in [0.2, 0.25) is 0 Å². The highest BCUT2D eigenvalue weighted by molar-refractivity contribution is 5.76. The molecule has 88 heavy (non-hydrogen) atoms. The summed E-state index contributed by atoms with van der Waals surface area (Å²) in [6.07, 6.45) is 90.9. The van der Waals surface area contributed by atoms with Gasteiger partial charge in [0.15, 0.2) is 6.29 Å². The van der Waals surface area contributed by atoms with Gasteiger partial charge in [0, 0.05) is 6.42 Å². The number of aliphatic hydroxyl groups is 5. The van der Waals surface area contributed by atoms with Crippen LogP contribution < -0.4 is 5.32 Å². The molecule has 9 nitrogen and oxygen atoms in total. The van der Waals surface area contributed by atoms with Gasteiger partial charge in [-0.2, -0.15) is 0 Å². The van der Waals surface area contributed by atoms with Crippen LogP contribution in [0.4, 0.5) is 0 Å². The molecule has 1 heterocycles. The Hall–Kier alpha value is -2.89. The van der Waals surface area contributed by atoms with E-state index in [4.69, 9.17) is 9.47 Å². The topological polar surface area (TPSA) is 149 Å². The standard InChI is InChI=1S/C79H141NO8/c1-3-5-7-9-11-13-15-17-19-21-23-25-27-29-31-33-35-36-37-38-39-41-43-45-47-49-51-53-55-57-59-61-63-65-67-69-75(83)80-72(71-87-79-78(86)77(85)76(84)74(70-81)88-79)73(82)68-66-64-62-60-58-56-54-52-50-48-46-44-42-40-34-32-30-28-26-24-22-20-18-16-14-12-10-8-6-4-2/h5,7,11,13,17,19,23,25,29,31,35-36,38-39,66,68,72-74,76-79,81-82,84-86H,3-4,6,8-10,12,14-16,18,20-22,24,26-28,30,32-34,37,40-65,67,69-71H2,1-2H3,(H,80,83)/b7-5-,13-11-,19-17-,25-23-,31-29-,36-35-,39-38-,68-66+. The summed E-state index contributed by atoms with van der Waals surface area (Å²) < 4.78 is 11.3. The van der Waals surface area contributed by atoms with E-state index in [0.29, 0.717) is 6.42 Å². The molecule has 1 fully saturated rings. The molecule has 1 aliphatic rings. The van der Waals surface area contributed by atoms with Crippen LogP contribution in [0.1, 0.15) is 341 Å². The highest BCUT2D eigenvalue weighted by atomic mass is 16.7. The van der Waals surface area contributed by atoms with Crippen molar-refractivity contribution < 1.29 is 39.8 Å². The molecular formula is C79H141NO8. The third-order valence-electron chi connectivity index (χ3n) is 17.4. The first kappa shape index (κ1) is 83.1. The number of hydrogen-bond acceptors (Lipinski definition) is 8. The van der Waals surface area contributed by atoms with Crippen molar-refractivity contribution in [2.75, 3.05) is 13.2 Å². The number of carbonyl (C=O) groups is 1. The Morgan fingerprint density at radius 1 is 0.398 bits per heavy atom. The smallest absolute Gasteiger partial charge is 0.220 e. The van der Waals surface area contributed by atoms with E-state index in [9.17, 15) is 30.3 Å². The van der Waals surface area contributed by atoms with Gasteiger partial charge in [-0.3, -0.25) is 4.79 Å². The zero-order valence-corrected chi connectivity index (χ0v) is 57.2. The molecule has 1 rings (SSSR count). The summed E-state index contributed by atoms with van der Waals surface area (Å²) in [7, 11) is 0. The Morgan fingerprint density at radius 2 is 0.705 bits per heavy atom. The van der Waals surface area contributed by atoms with Crippen molar-refractivity contribution in [1.82, 2.24) is 5.32 Å². The number of aliphatic hydroxyl groups excluding tert-OH is 5. The lowest BCUT2D eigenvalue weighted by molar-refractivity contribution is -0.302. The highest BCUT2D eigenvalue weighted by Crippen LogP contribution is 2.23. The first-order chi connectivity index (χ1) is 43.3. The largest absolute Gasteiger partial charge is 0.394 e. The minimum atomic E-state index is -1.57. The molecule has 1 amide bonds. The molecule has 0 aromatic heterocycles. The van der Waals surface area contributed by atoms with Crippen molar-refractivity contribution in [2.45, 2.75) is 384 Å². The second kappa shape index (κ2) is 67.0. The zero-order chi connectivity index (χ0) is 63.5. The van der Waals surface area contributed by atoms with E-state index in [1.54, 1.807) is 6.08 Å². The van der Waals surface area contributed by atoms with Crippen molar-refractivity contribution in [1.29, 1.82) is 0 Å². The van der Waals surface area contributed by atoms with Gasteiger partial charge in [0.2, 0.25) is 5.91 Å². The Kier molecular flexibility index (Phi) is 63.3. The normalized spacial score (nSPS) is 18.5. The van der Waals surface area contributed by atoms with Gasteiger partial charge in [-0.25, -0.2) is 0 Å². The Morgan fingerprint density at radius 3 is 1.05 bits per heavy atom. The highest BCUT2D eigenvalue weighted by Gasteiger charge is 2.44. The van der Waals surface area contributed by atoms with Gasteiger partial charge in [0.1, 0.15) is 24.4 Å². The molecule has 7 atom stereocenters. The molecule has 0 bridgehead atoms. The average Bonchev–Trinajstić information content (AvgIpc) is 3.65. The van der Waals surface area contributed by atoms with E-state index in [-0.39, 0.29) is 12.5 Å². The summed E-state index contributed by atoms with van der Waals surface area (Å²) >= 11 is 0. The lowest BCUT2D eigenvalue weighted by Crippen LogP contribution is -2.60. The van der Waals surface area contributed by atoms with Crippen molar-refractivity contribution in [3.8, 4) is 0 Å². The van der Waals surface area contributed by atoms with Crippen molar-refractivity contribution in [3.63, 3.8) is 0 Å². The number of amides is 1. The summed E-state index contributed by atoms with van der Waals surface area (Å²) in [6.45, 7) is 3.70. The molecule has 510 valence electrons. The first-order valence-corrected chi connectivity index (χ1v) is 37.5. The summed E-state index contributed by atoms with van der Waals surface area (Å²) in [4.78, 5) is 13.2. The van der Waals surface area contributed by atoms with Gasteiger partial charge in [0.05, 0.1) is 25.4 Å². The van der Waals surface area contributed by atoms with Crippen molar-refractivity contribution in [2.24, 2.45) is 0 Å². The van der Waals surface area contributed by atoms with Crippen LogP contribution in [0.5, 0.6) is 0 Å². The number of rotatable bonds is 65. The molecule has 0 spiro atoms. The lowest BCUT2D eigenvalue weighted by atomic mass is 9.99. The van der Waals surface area contributed by atoms with E-state index >= 15 is 0 Å². The maximum absolute atomic E-state index is 13.2. The van der Waals surface area contributed by atoms with Crippen LogP contribution in [0.15, 0.2) is 97.2 Å². The van der Waals surface area contributed by atoms with Gasteiger partial charge in [-0.1, -0.05) is 355 Å². The van der Waals surface area contributed by atoms with Crippen molar-refractivity contribution >= 4 is 5.91 Å². The Bertz CT molecular complexity index is 1720. The fraction of sp³-hybridized carbons (Fsp3) is 0.785. The second-order valence-electron chi connectivity index (χ2n) is 25.7. The quantitative estimate of drug-likeness (QED) is 0.0261. The SMILES string of the molecule is CC/C=C\C/C=C\C/C=C\C/C=C\C/C=C\C/C=C\C/C=C\CCCCCCCCCCCCCCCC(=O)NC(COC1OC(CO)C(O)C(O)C1O)C(O)/C=C/CCCCCCCCCCCCCCCCCCCCCCCCCCCCCC. The molecule has 0 aliphatic carbocycles. The minimum absolute atomic E-state index is 0.177. The van der Waals surface area contributed by atoms with E-state index in [0.717, 1.165) is 83.5 Å². The van der Waals surface area contributed by atoms with E-state index in [1.165, 1.54) is 238 Å². The fourth-order valence-corrected chi connectivity index (χ4v) is 11.6. The average molecular weight is 1230 g/mol. The van der Waals surface area contributed by atoms with E-state index in [1.807, 2.05) is 6.08 Å². The minimum Gasteiger partial charge on any atom is -0.394 e. The number of ether oxygens (including phenoxy) is 2. The van der Waals surface area contributed by atoms with Crippen LogP contribution in [0.3, 0.4) is 0 Å². The summed E-state index contributed by atoms with van der Waals surface area (Å²) in [5.41, 5.74) is 0. The van der Waals surface area contributed by atoms with Gasteiger partial charge in [-0.15, -0.1) is 0 Å². The molecule has 7 unspecified atom stereocenters. The summed E-state index contributed by atoms with van der Waals surface area (Å²) in [5.74, 6) is -0.177. The first-order valence-electron chi connectivity index (χ1n) is 37.5. The Balaban J connectivity index is 2.12. The summed E-state index contributed by atoms with van der Waals surface area (Å²) in [6, 6.07) is -0.813.